The van der Waals surface area contributed by atoms with Crippen LogP contribution >= 0.6 is 0 Å². The lowest BCUT2D eigenvalue weighted by Gasteiger charge is -2.09. The predicted octanol–water partition coefficient (Wildman–Crippen LogP) is 0.631. The fourth-order valence-electron chi connectivity index (χ4n) is 1.41. The normalized spacial score (nSPS) is 11.5. The first-order valence-electron chi connectivity index (χ1n) is 5.35. The zero-order chi connectivity index (χ0) is 12.9. The molecule has 0 unspecified atom stereocenters. The van der Waals surface area contributed by atoms with E-state index in [0.717, 1.165) is 5.56 Å². The van der Waals surface area contributed by atoms with Crippen LogP contribution in [0.5, 0.6) is 5.75 Å². The summed E-state index contributed by atoms with van der Waals surface area (Å²) in [6, 6.07) is 4.76. The van der Waals surface area contributed by atoms with Crippen molar-refractivity contribution in [2.75, 3.05) is 20.2 Å². The second-order valence-corrected chi connectivity index (χ2v) is 5.44. The van der Waals surface area contributed by atoms with Gasteiger partial charge in [0, 0.05) is 6.54 Å². The molecule has 0 saturated heterocycles. The van der Waals surface area contributed by atoms with Gasteiger partial charge in [-0.3, -0.25) is 0 Å². The molecule has 0 fully saturated rings. The van der Waals surface area contributed by atoms with Gasteiger partial charge >= 0.3 is 0 Å². The predicted molar refractivity (Wildman–Crippen MR) is 66.6 cm³/mol. The summed E-state index contributed by atoms with van der Waals surface area (Å²) >= 11 is 0. The minimum absolute atomic E-state index is 0.243. The van der Waals surface area contributed by atoms with E-state index in [4.69, 9.17) is 10.5 Å². The van der Waals surface area contributed by atoms with Gasteiger partial charge in [-0.05, 0) is 43.7 Å². The third-order valence-electron chi connectivity index (χ3n) is 2.35. The summed E-state index contributed by atoms with van der Waals surface area (Å²) in [5, 5.41) is 0. The van der Waals surface area contributed by atoms with Crippen LogP contribution in [0.25, 0.3) is 0 Å². The molecular formula is C11H18N2O3S. The molecule has 1 rings (SSSR count). The number of methoxy groups -OCH3 is 1. The maximum Gasteiger partial charge on any atom is 0.240 e. The van der Waals surface area contributed by atoms with Crippen molar-refractivity contribution in [3.63, 3.8) is 0 Å². The Kier molecular flexibility index (Phi) is 4.92. The molecule has 1 aromatic rings. The summed E-state index contributed by atoms with van der Waals surface area (Å²) in [7, 11) is -1.89. The topological polar surface area (TPSA) is 81.4 Å². The monoisotopic (exact) mass is 258 g/mol. The largest absolute Gasteiger partial charge is 0.496 e. The van der Waals surface area contributed by atoms with Crippen molar-refractivity contribution in [1.82, 2.24) is 4.72 Å². The highest BCUT2D eigenvalue weighted by Gasteiger charge is 2.14. The van der Waals surface area contributed by atoms with Crippen LogP contribution in [-0.4, -0.2) is 28.6 Å². The number of benzene rings is 1. The molecule has 96 valence electrons. The average Bonchev–Trinajstić information content (AvgIpc) is 2.29. The minimum Gasteiger partial charge on any atom is -0.496 e. The van der Waals surface area contributed by atoms with Crippen molar-refractivity contribution >= 4 is 10.0 Å². The third-order valence-corrected chi connectivity index (χ3v) is 3.81. The van der Waals surface area contributed by atoms with E-state index in [9.17, 15) is 8.42 Å². The van der Waals surface area contributed by atoms with Gasteiger partial charge in [0.2, 0.25) is 10.0 Å². The Morgan fingerprint density at radius 1 is 1.41 bits per heavy atom. The Morgan fingerprint density at radius 2 is 2.12 bits per heavy atom. The number of nitrogens with one attached hydrogen (secondary N) is 1. The molecule has 0 aromatic heterocycles. The van der Waals surface area contributed by atoms with Gasteiger partial charge < -0.3 is 10.5 Å². The fraction of sp³-hybridized carbons (Fsp3) is 0.455. The van der Waals surface area contributed by atoms with Crippen LogP contribution in [0, 0.1) is 6.92 Å². The Morgan fingerprint density at radius 3 is 2.65 bits per heavy atom. The molecule has 1 aromatic carbocycles. The Balaban J connectivity index is 2.88. The molecule has 0 bridgehead atoms. The molecule has 0 amide bonds. The van der Waals surface area contributed by atoms with Crippen LogP contribution in [0.4, 0.5) is 0 Å². The summed E-state index contributed by atoms with van der Waals surface area (Å²) in [5.74, 6) is 0.672. The number of rotatable bonds is 6. The zero-order valence-corrected chi connectivity index (χ0v) is 10.9. The smallest absolute Gasteiger partial charge is 0.240 e. The molecular weight excluding hydrogens is 240 g/mol. The van der Waals surface area contributed by atoms with Crippen molar-refractivity contribution in [3.05, 3.63) is 23.8 Å². The highest BCUT2D eigenvalue weighted by atomic mass is 32.2. The van der Waals surface area contributed by atoms with Gasteiger partial charge in [0.25, 0.3) is 0 Å². The fourth-order valence-corrected chi connectivity index (χ4v) is 2.57. The van der Waals surface area contributed by atoms with Gasteiger partial charge in [0.1, 0.15) is 5.75 Å². The average molecular weight is 258 g/mol. The molecule has 5 nitrogen and oxygen atoms in total. The van der Waals surface area contributed by atoms with Crippen LogP contribution in [-0.2, 0) is 10.0 Å². The molecule has 17 heavy (non-hydrogen) atoms. The maximum absolute atomic E-state index is 11.9. The Hall–Kier alpha value is -1.11. The summed E-state index contributed by atoms with van der Waals surface area (Å²) < 4.78 is 31.3. The first-order chi connectivity index (χ1) is 8.01. The lowest BCUT2D eigenvalue weighted by atomic mass is 10.2. The number of hydrogen-bond donors (Lipinski definition) is 2. The van der Waals surface area contributed by atoms with Crippen LogP contribution in [0.3, 0.4) is 0 Å². The Bertz CT molecular complexity index is 472. The van der Waals surface area contributed by atoms with Gasteiger partial charge in [0.15, 0.2) is 0 Å². The first kappa shape index (κ1) is 14.0. The highest BCUT2D eigenvalue weighted by molar-refractivity contribution is 7.89. The second kappa shape index (κ2) is 6.00. The van der Waals surface area contributed by atoms with E-state index in [1.54, 1.807) is 26.2 Å². The number of aryl methyl sites for hydroxylation is 1. The molecule has 0 saturated carbocycles. The number of ether oxygens (including phenoxy) is 1. The van der Waals surface area contributed by atoms with Crippen LogP contribution in [0.15, 0.2) is 23.1 Å². The SMILES string of the molecule is COc1ccc(S(=O)(=O)NCCCN)cc1C. The molecule has 0 aliphatic rings. The van der Waals surface area contributed by atoms with E-state index >= 15 is 0 Å². The Labute approximate surface area is 102 Å². The quantitative estimate of drug-likeness (QED) is 0.733. The third kappa shape index (κ3) is 3.69. The molecule has 0 aliphatic carbocycles. The van der Waals surface area contributed by atoms with Crippen molar-refractivity contribution in [3.8, 4) is 5.75 Å². The maximum atomic E-state index is 11.9. The standard InChI is InChI=1S/C11H18N2O3S/c1-9-8-10(4-5-11(9)16-2)17(14,15)13-7-3-6-12/h4-5,8,13H,3,6-7,12H2,1-2H3. The van der Waals surface area contributed by atoms with Crippen molar-refractivity contribution < 1.29 is 13.2 Å². The molecule has 3 N–H and O–H groups in total. The number of hydrogen-bond acceptors (Lipinski definition) is 4. The summed E-state index contributed by atoms with van der Waals surface area (Å²) in [6.45, 7) is 2.62. The minimum atomic E-state index is -3.44. The molecule has 0 heterocycles. The summed E-state index contributed by atoms with van der Waals surface area (Å²) in [5.41, 5.74) is 6.09. The highest BCUT2D eigenvalue weighted by Crippen LogP contribution is 2.21. The van der Waals surface area contributed by atoms with Gasteiger partial charge in [-0.25, -0.2) is 13.1 Å². The van der Waals surface area contributed by atoms with E-state index < -0.39 is 10.0 Å². The van der Waals surface area contributed by atoms with Gasteiger partial charge in [0.05, 0.1) is 12.0 Å². The molecule has 0 aliphatic heterocycles. The first-order valence-corrected chi connectivity index (χ1v) is 6.84. The van der Waals surface area contributed by atoms with Gasteiger partial charge in [-0.2, -0.15) is 0 Å². The summed E-state index contributed by atoms with van der Waals surface area (Å²) in [6.07, 6.45) is 0.619. The molecule has 0 spiro atoms. The summed E-state index contributed by atoms with van der Waals surface area (Å²) in [4.78, 5) is 0.243. The van der Waals surface area contributed by atoms with Crippen molar-refractivity contribution in [2.24, 2.45) is 5.73 Å². The van der Waals surface area contributed by atoms with E-state index in [1.165, 1.54) is 6.07 Å². The van der Waals surface area contributed by atoms with E-state index in [0.29, 0.717) is 25.3 Å². The lowest BCUT2D eigenvalue weighted by Crippen LogP contribution is -2.26. The van der Waals surface area contributed by atoms with Crippen LogP contribution in [0.2, 0.25) is 0 Å². The molecule has 0 atom stereocenters. The lowest BCUT2D eigenvalue weighted by molar-refractivity contribution is 0.411. The van der Waals surface area contributed by atoms with Crippen LogP contribution in [0.1, 0.15) is 12.0 Å². The second-order valence-electron chi connectivity index (χ2n) is 3.67. The molecule has 0 radical (unpaired) electrons. The number of sulfonamides is 1. The molecule has 6 heteroatoms. The van der Waals surface area contributed by atoms with E-state index in [-0.39, 0.29) is 4.90 Å². The van der Waals surface area contributed by atoms with Crippen molar-refractivity contribution in [2.45, 2.75) is 18.2 Å². The van der Waals surface area contributed by atoms with Crippen LogP contribution < -0.4 is 15.2 Å². The number of nitrogens with two attached hydrogens (primary N) is 1. The van der Waals surface area contributed by atoms with Gasteiger partial charge in [-0.15, -0.1) is 0 Å². The van der Waals surface area contributed by atoms with Gasteiger partial charge in [-0.1, -0.05) is 0 Å². The van der Waals surface area contributed by atoms with E-state index in [1.807, 2.05) is 0 Å². The van der Waals surface area contributed by atoms with E-state index in [2.05, 4.69) is 4.72 Å². The van der Waals surface area contributed by atoms with Crippen molar-refractivity contribution in [1.29, 1.82) is 0 Å². The zero-order valence-electron chi connectivity index (χ0n) is 10.1.